The van der Waals surface area contributed by atoms with Crippen LogP contribution in [0.15, 0.2) is 24.3 Å². The highest BCUT2D eigenvalue weighted by Gasteiger charge is 2.24. The molecule has 0 bridgehead atoms. The van der Waals surface area contributed by atoms with Gasteiger partial charge in [0, 0.05) is 26.2 Å². The van der Waals surface area contributed by atoms with E-state index in [1.165, 1.54) is 0 Å². The van der Waals surface area contributed by atoms with Crippen LogP contribution in [0.25, 0.3) is 11.0 Å². The second-order valence-electron chi connectivity index (χ2n) is 5.08. The summed E-state index contributed by atoms with van der Waals surface area (Å²) in [5, 5.41) is 0. The number of piperazine rings is 1. The third-order valence-electron chi connectivity index (χ3n) is 3.70. The molecule has 6 nitrogen and oxygen atoms in total. The Labute approximate surface area is 122 Å². The maximum Gasteiger partial charge on any atom is 0.274 e. The lowest BCUT2D eigenvalue weighted by atomic mass is 10.2. The second-order valence-corrected chi connectivity index (χ2v) is 5.08. The van der Waals surface area contributed by atoms with Gasteiger partial charge < -0.3 is 9.80 Å². The summed E-state index contributed by atoms with van der Waals surface area (Å²) in [5.41, 5.74) is 2.54. The van der Waals surface area contributed by atoms with Crippen molar-refractivity contribution in [3.05, 3.63) is 35.7 Å². The number of hydrogen-bond donors (Lipinski definition) is 0. The largest absolute Gasteiger partial charge is 0.342 e. The fraction of sp³-hybridized carbons (Fsp3) is 0.333. The van der Waals surface area contributed by atoms with Gasteiger partial charge >= 0.3 is 0 Å². The fourth-order valence-electron chi connectivity index (χ4n) is 2.47. The number of amides is 2. The first-order chi connectivity index (χ1) is 10.2. The average Bonchev–Trinajstić information content (AvgIpc) is 2.53. The number of benzene rings is 1. The van der Waals surface area contributed by atoms with Crippen LogP contribution in [0.4, 0.5) is 0 Å². The van der Waals surface area contributed by atoms with E-state index in [9.17, 15) is 9.59 Å². The minimum Gasteiger partial charge on any atom is -0.342 e. The van der Waals surface area contributed by atoms with Crippen LogP contribution in [0.3, 0.4) is 0 Å². The minimum atomic E-state index is -0.115. The summed E-state index contributed by atoms with van der Waals surface area (Å²) in [4.78, 5) is 35.6. The number of hydrogen-bond acceptors (Lipinski definition) is 4. The van der Waals surface area contributed by atoms with Crippen molar-refractivity contribution in [2.24, 2.45) is 0 Å². The predicted molar refractivity (Wildman–Crippen MR) is 77.8 cm³/mol. The van der Waals surface area contributed by atoms with E-state index in [1.807, 2.05) is 24.3 Å². The molecule has 2 amide bonds. The third kappa shape index (κ3) is 2.56. The normalized spacial score (nSPS) is 15.3. The van der Waals surface area contributed by atoms with Crippen LogP contribution < -0.4 is 0 Å². The molecule has 0 radical (unpaired) electrons. The quantitative estimate of drug-likeness (QED) is 0.767. The Hall–Kier alpha value is -2.50. The number of carbonyl (C=O) groups is 2. The summed E-state index contributed by atoms with van der Waals surface area (Å²) in [5.74, 6) is -0.115. The molecule has 1 fully saturated rings. The Bertz CT molecular complexity index is 693. The molecule has 6 heteroatoms. The SMILES string of the molecule is Cc1nc2ccccc2nc1C(=O)N1CCN(C=O)CC1. The molecule has 0 saturated carbocycles. The van der Waals surface area contributed by atoms with Crippen LogP contribution in [0.2, 0.25) is 0 Å². The maximum atomic E-state index is 12.6. The van der Waals surface area contributed by atoms with Crippen molar-refractivity contribution in [1.82, 2.24) is 19.8 Å². The maximum absolute atomic E-state index is 12.6. The van der Waals surface area contributed by atoms with Crippen molar-refractivity contribution in [1.29, 1.82) is 0 Å². The molecule has 2 aromatic rings. The summed E-state index contributed by atoms with van der Waals surface area (Å²) in [6.45, 7) is 4.00. The fourth-order valence-corrected chi connectivity index (χ4v) is 2.47. The highest BCUT2D eigenvalue weighted by atomic mass is 16.2. The Kier molecular flexibility index (Phi) is 3.51. The van der Waals surface area contributed by atoms with E-state index in [0.29, 0.717) is 37.6 Å². The van der Waals surface area contributed by atoms with Gasteiger partial charge in [0.25, 0.3) is 5.91 Å². The molecule has 1 aliphatic heterocycles. The standard InChI is InChI=1S/C15H16N4O2/c1-11-14(17-13-5-3-2-4-12(13)16-11)15(21)19-8-6-18(10-20)7-9-19/h2-5,10H,6-9H2,1H3. The molecule has 0 atom stereocenters. The summed E-state index contributed by atoms with van der Waals surface area (Å²) in [6.07, 6.45) is 0.822. The molecule has 1 saturated heterocycles. The van der Waals surface area contributed by atoms with Crippen LogP contribution in [-0.2, 0) is 4.79 Å². The molecule has 1 aliphatic rings. The molecule has 0 spiro atoms. The molecule has 108 valence electrons. The van der Waals surface area contributed by atoms with Crippen molar-refractivity contribution in [2.45, 2.75) is 6.92 Å². The van der Waals surface area contributed by atoms with Crippen molar-refractivity contribution in [3.8, 4) is 0 Å². The number of carbonyl (C=O) groups excluding carboxylic acids is 2. The number of aryl methyl sites for hydroxylation is 1. The molecule has 3 rings (SSSR count). The molecule has 0 unspecified atom stereocenters. The van der Waals surface area contributed by atoms with Crippen molar-refractivity contribution < 1.29 is 9.59 Å². The van der Waals surface area contributed by atoms with E-state index in [1.54, 1.807) is 16.7 Å². The third-order valence-corrected chi connectivity index (χ3v) is 3.70. The molecule has 0 N–H and O–H groups in total. The molecule has 2 heterocycles. The van der Waals surface area contributed by atoms with E-state index in [-0.39, 0.29) is 5.91 Å². The molecule has 0 aliphatic carbocycles. The van der Waals surface area contributed by atoms with E-state index in [2.05, 4.69) is 9.97 Å². The smallest absolute Gasteiger partial charge is 0.274 e. The van der Waals surface area contributed by atoms with Gasteiger partial charge in [-0.3, -0.25) is 9.59 Å². The lowest BCUT2D eigenvalue weighted by Crippen LogP contribution is -2.48. The lowest BCUT2D eigenvalue weighted by Gasteiger charge is -2.32. The zero-order chi connectivity index (χ0) is 14.8. The van der Waals surface area contributed by atoms with Crippen molar-refractivity contribution >= 4 is 23.4 Å². The number of fused-ring (bicyclic) bond motifs is 1. The van der Waals surface area contributed by atoms with Crippen molar-refractivity contribution in [3.63, 3.8) is 0 Å². The summed E-state index contributed by atoms with van der Waals surface area (Å²) >= 11 is 0. The Balaban J connectivity index is 1.87. The van der Waals surface area contributed by atoms with Gasteiger partial charge in [0.1, 0.15) is 5.69 Å². The number of aromatic nitrogens is 2. The Morgan fingerprint density at radius 3 is 2.33 bits per heavy atom. The monoisotopic (exact) mass is 284 g/mol. The molecular formula is C15H16N4O2. The van der Waals surface area contributed by atoms with Gasteiger partial charge in [-0.25, -0.2) is 9.97 Å². The second kappa shape index (κ2) is 5.47. The van der Waals surface area contributed by atoms with Crippen LogP contribution in [0, 0.1) is 6.92 Å². The zero-order valence-electron chi connectivity index (χ0n) is 11.8. The van der Waals surface area contributed by atoms with Gasteiger partial charge in [-0.2, -0.15) is 0 Å². The summed E-state index contributed by atoms with van der Waals surface area (Å²) in [6, 6.07) is 7.51. The van der Waals surface area contributed by atoms with E-state index in [4.69, 9.17) is 0 Å². The van der Waals surface area contributed by atoms with E-state index in [0.717, 1.165) is 17.4 Å². The van der Waals surface area contributed by atoms with Crippen LogP contribution in [0.1, 0.15) is 16.2 Å². The molecule has 1 aromatic heterocycles. The topological polar surface area (TPSA) is 66.4 Å². The van der Waals surface area contributed by atoms with Crippen LogP contribution in [0.5, 0.6) is 0 Å². The minimum absolute atomic E-state index is 0.115. The van der Waals surface area contributed by atoms with E-state index >= 15 is 0 Å². The molecule has 1 aromatic carbocycles. The lowest BCUT2D eigenvalue weighted by molar-refractivity contribution is -0.119. The summed E-state index contributed by atoms with van der Waals surface area (Å²) in [7, 11) is 0. The van der Waals surface area contributed by atoms with Crippen LogP contribution in [-0.4, -0.2) is 58.3 Å². The van der Waals surface area contributed by atoms with Crippen LogP contribution >= 0.6 is 0 Å². The van der Waals surface area contributed by atoms with Gasteiger partial charge in [-0.1, -0.05) is 12.1 Å². The van der Waals surface area contributed by atoms with Gasteiger partial charge in [-0.05, 0) is 19.1 Å². The number of para-hydroxylation sites is 2. The van der Waals surface area contributed by atoms with E-state index < -0.39 is 0 Å². The Morgan fingerprint density at radius 1 is 1.10 bits per heavy atom. The van der Waals surface area contributed by atoms with Gasteiger partial charge in [0.15, 0.2) is 0 Å². The average molecular weight is 284 g/mol. The molecular weight excluding hydrogens is 268 g/mol. The zero-order valence-corrected chi connectivity index (χ0v) is 11.8. The predicted octanol–water partition coefficient (Wildman–Crippen LogP) is 0.852. The first-order valence-electron chi connectivity index (χ1n) is 6.91. The van der Waals surface area contributed by atoms with Crippen molar-refractivity contribution in [2.75, 3.05) is 26.2 Å². The first kappa shape index (κ1) is 13.5. The van der Waals surface area contributed by atoms with Gasteiger partial charge in [0.2, 0.25) is 6.41 Å². The number of nitrogens with zero attached hydrogens (tertiary/aromatic N) is 4. The highest BCUT2D eigenvalue weighted by Crippen LogP contribution is 2.14. The van der Waals surface area contributed by atoms with Gasteiger partial charge in [-0.15, -0.1) is 0 Å². The molecule has 21 heavy (non-hydrogen) atoms. The Morgan fingerprint density at radius 2 is 1.71 bits per heavy atom. The van der Waals surface area contributed by atoms with Gasteiger partial charge in [0.05, 0.1) is 16.7 Å². The first-order valence-corrected chi connectivity index (χ1v) is 6.91. The highest BCUT2D eigenvalue weighted by molar-refractivity contribution is 5.95. The number of rotatable bonds is 2. The summed E-state index contributed by atoms with van der Waals surface area (Å²) < 4.78 is 0.